The van der Waals surface area contributed by atoms with E-state index in [0.717, 1.165) is 73.3 Å². The molecule has 3 aliphatic rings. The summed E-state index contributed by atoms with van der Waals surface area (Å²) >= 11 is 0. The lowest BCUT2D eigenvalue weighted by Crippen LogP contribution is -2.16. The lowest BCUT2D eigenvalue weighted by molar-refractivity contribution is 0.477. The molecular weight excluding hydrogens is 913 g/mol. The molecule has 13 aromatic carbocycles. The molecule has 75 heavy (non-hydrogen) atoms. The zero-order chi connectivity index (χ0) is 49.3. The Kier molecular flexibility index (Phi) is 8.92. The maximum absolute atomic E-state index is 6.59. The fourth-order valence-corrected chi connectivity index (χ4v) is 12.7. The van der Waals surface area contributed by atoms with Gasteiger partial charge < -0.3 is 19.3 Å². The monoisotopic (exact) mass is 956 g/mol. The van der Waals surface area contributed by atoms with Crippen molar-refractivity contribution in [1.29, 1.82) is 0 Å². The topological polar surface area (TPSA) is 24.9 Å². The minimum absolute atomic E-state index is 0.821. The summed E-state index contributed by atoms with van der Waals surface area (Å²) in [6.45, 7) is 2.25. The number of anilines is 6. The lowest BCUT2D eigenvalue weighted by Gasteiger charge is -2.33. The van der Waals surface area contributed by atoms with Gasteiger partial charge in [-0.05, 0) is 184 Å². The SMILES string of the molecule is Cc1cccc2c(-c3c4cc(N5c6ccccc6Oc6ccccc65)ccc4c(-c4ccc5c6c(cccc46)-c4ccccc4-5)c4cc(N5c6ccccc6Oc6ccccc65)ccc34)ccc(-c3ccccc3)c12. The maximum atomic E-state index is 6.59. The molecule has 16 rings (SSSR count). The van der Waals surface area contributed by atoms with Crippen molar-refractivity contribution in [2.45, 2.75) is 6.92 Å². The first-order valence-corrected chi connectivity index (χ1v) is 25.7. The average Bonchev–Trinajstić information content (AvgIpc) is 3.80. The van der Waals surface area contributed by atoms with E-state index in [9.17, 15) is 0 Å². The third-order valence-corrected chi connectivity index (χ3v) is 15.9. The normalized spacial score (nSPS) is 12.8. The minimum atomic E-state index is 0.821. The summed E-state index contributed by atoms with van der Waals surface area (Å²) in [6, 6.07) is 90.6. The van der Waals surface area contributed by atoms with Crippen molar-refractivity contribution < 1.29 is 9.47 Å². The van der Waals surface area contributed by atoms with Gasteiger partial charge in [-0.25, -0.2) is 0 Å². The summed E-state index contributed by atoms with van der Waals surface area (Å²) in [7, 11) is 0. The number of hydrogen-bond donors (Lipinski definition) is 0. The standard InChI is InChI=1S/C71H44N2O2/c1-43-17-15-22-51-54(38-37-47(68(43)51)44-18-3-2-4-19-44)70-56-35-33-46(73-62-27-9-13-31-66(62)75-67-32-14-10-28-63(67)73)42-59(56)71(55-40-39-53-49-21-6-5-20-48(49)50-23-16-24-52(55)69(50)53)57-36-34-45(41-58(57)70)72-60-25-7-11-29-64(60)74-65-30-12-8-26-61(65)72/h2-42H,1H3. The molecule has 0 radical (unpaired) electrons. The van der Waals surface area contributed by atoms with Gasteiger partial charge in [0.25, 0.3) is 0 Å². The van der Waals surface area contributed by atoms with Crippen LogP contribution in [0.2, 0.25) is 0 Å². The molecule has 0 aromatic heterocycles. The van der Waals surface area contributed by atoms with Gasteiger partial charge in [0.1, 0.15) is 0 Å². The smallest absolute Gasteiger partial charge is 0.151 e. The van der Waals surface area contributed by atoms with Gasteiger partial charge in [0.15, 0.2) is 23.0 Å². The third kappa shape index (κ3) is 6.11. The predicted octanol–water partition coefficient (Wildman–Crippen LogP) is 20.4. The Bertz CT molecular complexity index is 4460. The van der Waals surface area contributed by atoms with E-state index in [2.05, 4.69) is 241 Å². The van der Waals surface area contributed by atoms with Gasteiger partial charge in [0, 0.05) is 11.4 Å². The highest BCUT2D eigenvalue weighted by Gasteiger charge is 2.31. The van der Waals surface area contributed by atoms with E-state index in [0.29, 0.717) is 0 Å². The quantitative estimate of drug-likeness (QED) is 0.161. The van der Waals surface area contributed by atoms with Crippen molar-refractivity contribution in [2.75, 3.05) is 9.80 Å². The van der Waals surface area contributed by atoms with Crippen LogP contribution in [-0.2, 0) is 0 Å². The summed E-state index contributed by atoms with van der Waals surface area (Å²) < 4.78 is 13.2. The van der Waals surface area contributed by atoms with Crippen molar-refractivity contribution in [2.24, 2.45) is 0 Å². The fraction of sp³-hybridized carbons (Fsp3) is 0.0141. The Balaban J connectivity index is 1.07. The number of hydrogen-bond acceptors (Lipinski definition) is 4. The van der Waals surface area contributed by atoms with Crippen molar-refractivity contribution in [1.82, 2.24) is 0 Å². The van der Waals surface area contributed by atoms with Crippen LogP contribution in [0.4, 0.5) is 34.1 Å². The van der Waals surface area contributed by atoms with Gasteiger partial charge in [0.2, 0.25) is 0 Å². The van der Waals surface area contributed by atoms with E-state index in [1.165, 1.54) is 88.1 Å². The molecule has 13 aromatic rings. The number of para-hydroxylation sites is 8. The highest BCUT2D eigenvalue weighted by atomic mass is 16.5. The summed E-state index contributed by atoms with van der Waals surface area (Å²) in [5.41, 5.74) is 19.6. The molecule has 2 aliphatic heterocycles. The Hall–Kier alpha value is -9.90. The van der Waals surface area contributed by atoms with Gasteiger partial charge >= 0.3 is 0 Å². The Morgan fingerprint density at radius 1 is 0.267 bits per heavy atom. The second-order valence-corrected chi connectivity index (χ2v) is 19.9. The van der Waals surface area contributed by atoms with Crippen LogP contribution in [0.5, 0.6) is 23.0 Å². The lowest BCUT2D eigenvalue weighted by atomic mass is 9.81. The second-order valence-electron chi connectivity index (χ2n) is 19.9. The van der Waals surface area contributed by atoms with E-state index >= 15 is 0 Å². The van der Waals surface area contributed by atoms with Crippen LogP contribution in [0.3, 0.4) is 0 Å². The largest absolute Gasteiger partial charge is 0.453 e. The second kappa shape index (κ2) is 16.1. The van der Waals surface area contributed by atoms with E-state index in [1.807, 2.05) is 24.3 Å². The average molecular weight is 957 g/mol. The summed E-state index contributed by atoms with van der Waals surface area (Å²) in [5, 5.41) is 9.65. The van der Waals surface area contributed by atoms with Crippen LogP contribution >= 0.6 is 0 Å². The molecule has 0 fully saturated rings. The number of nitrogens with zero attached hydrogens (tertiary/aromatic N) is 2. The highest BCUT2D eigenvalue weighted by Crippen LogP contribution is 2.57. The Morgan fingerprint density at radius 3 is 1.19 bits per heavy atom. The highest BCUT2D eigenvalue weighted by molar-refractivity contribution is 6.29. The van der Waals surface area contributed by atoms with Crippen molar-refractivity contribution >= 4 is 77.2 Å². The Morgan fingerprint density at radius 2 is 0.667 bits per heavy atom. The van der Waals surface area contributed by atoms with Crippen LogP contribution in [0.25, 0.3) is 98.7 Å². The van der Waals surface area contributed by atoms with Crippen molar-refractivity contribution in [3.05, 3.63) is 254 Å². The Labute approximate surface area is 434 Å². The zero-order valence-corrected chi connectivity index (χ0v) is 40.9. The molecular formula is C71H44N2O2. The molecule has 0 amide bonds. The first-order chi connectivity index (χ1) is 37.1. The number of fused-ring (bicyclic) bond motifs is 10. The van der Waals surface area contributed by atoms with E-state index in [4.69, 9.17) is 9.47 Å². The molecule has 4 nitrogen and oxygen atoms in total. The van der Waals surface area contributed by atoms with Gasteiger partial charge in [-0.2, -0.15) is 0 Å². The molecule has 0 atom stereocenters. The van der Waals surface area contributed by atoms with Crippen LogP contribution in [-0.4, -0.2) is 0 Å². The molecule has 0 spiro atoms. The van der Waals surface area contributed by atoms with E-state index < -0.39 is 0 Å². The van der Waals surface area contributed by atoms with Crippen LogP contribution in [0.1, 0.15) is 5.56 Å². The molecule has 0 saturated carbocycles. The molecule has 0 N–H and O–H groups in total. The first-order valence-electron chi connectivity index (χ1n) is 25.7. The van der Waals surface area contributed by atoms with Crippen molar-refractivity contribution in [3.8, 4) is 78.6 Å². The number of rotatable bonds is 5. The summed E-state index contributed by atoms with van der Waals surface area (Å²) in [5.74, 6) is 3.28. The fourth-order valence-electron chi connectivity index (χ4n) is 12.7. The minimum Gasteiger partial charge on any atom is -0.453 e. The van der Waals surface area contributed by atoms with Gasteiger partial charge in [0.05, 0.1) is 22.7 Å². The summed E-state index contributed by atoms with van der Waals surface area (Å²) in [4.78, 5) is 4.74. The zero-order valence-electron chi connectivity index (χ0n) is 40.9. The van der Waals surface area contributed by atoms with Crippen LogP contribution < -0.4 is 19.3 Å². The molecule has 0 saturated heterocycles. The third-order valence-electron chi connectivity index (χ3n) is 15.9. The molecule has 350 valence electrons. The molecule has 1 aliphatic carbocycles. The predicted molar refractivity (Wildman–Crippen MR) is 311 cm³/mol. The number of ether oxygens (including phenoxy) is 2. The van der Waals surface area contributed by atoms with Gasteiger partial charge in [-0.1, -0.05) is 176 Å². The van der Waals surface area contributed by atoms with Crippen LogP contribution in [0, 0.1) is 6.92 Å². The van der Waals surface area contributed by atoms with Crippen LogP contribution in [0.15, 0.2) is 249 Å². The molecule has 4 heteroatoms. The molecule has 2 heterocycles. The number of benzene rings is 13. The maximum Gasteiger partial charge on any atom is 0.151 e. The van der Waals surface area contributed by atoms with E-state index in [-0.39, 0.29) is 0 Å². The summed E-state index contributed by atoms with van der Waals surface area (Å²) in [6.07, 6.45) is 0. The van der Waals surface area contributed by atoms with Gasteiger partial charge in [-0.3, -0.25) is 0 Å². The molecule has 0 bridgehead atoms. The van der Waals surface area contributed by atoms with E-state index in [1.54, 1.807) is 0 Å². The number of aryl methyl sites for hydroxylation is 1. The van der Waals surface area contributed by atoms with Crippen molar-refractivity contribution in [3.63, 3.8) is 0 Å². The first kappa shape index (κ1) is 41.7. The van der Waals surface area contributed by atoms with Gasteiger partial charge in [-0.15, -0.1) is 0 Å². The molecule has 0 unspecified atom stereocenters.